The van der Waals surface area contributed by atoms with E-state index in [0.717, 1.165) is 19.4 Å². The highest BCUT2D eigenvalue weighted by Gasteiger charge is 2.23. The molecule has 2 aromatic rings. The summed E-state index contributed by atoms with van der Waals surface area (Å²) in [6, 6.07) is 6.98. The van der Waals surface area contributed by atoms with Crippen molar-refractivity contribution >= 4 is 11.3 Å². The van der Waals surface area contributed by atoms with Crippen LogP contribution < -0.4 is 0 Å². The molecule has 2 heterocycles. The van der Waals surface area contributed by atoms with Crippen molar-refractivity contribution in [2.75, 3.05) is 26.2 Å². The van der Waals surface area contributed by atoms with Gasteiger partial charge in [-0.1, -0.05) is 12.1 Å². The van der Waals surface area contributed by atoms with Crippen molar-refractivity contribution in [3.8, 4) is 11.3 Å². The molecule has 1 aliphatic carbocycles. The Bertz CT molecular complexity index is 719. The fraction of sp³-hybridized carbons (Fsp3) is 0.591. The van der Waals surface area contributed by atoms with Crippen molar-refractivity contribution in [1.29, 1.82) is 0 Å². The Morgan fingerprint density at radius 2 is 1.88 bits per heavy atom. The average molecular weight is 371 g/mol. The molecule has 0 saturated carbocycles. The van der Waals surface area contributed by atoms with Crippen LogP contribution in [0.4, 0.5) is 0 Å². The normalized spacial score (nSPS) is 18.8. The summed E-state index contributed by atoms with van der Waals surface area (Å²) in [5.74, 6) is 0.625. The van der Waals surface area contributed by atoms with Gasteiger partial charge in [0.25, 0.3) is 0 Å². The molecule has 4 heteroatoms. The van der Waals surface area contributed by atoms with Crippen molar-refractivity contribution in [1.82, 2.24) is 9.88 Å². The summed E-state index contributed by atoms with van der Waals surface area (Å²) >= 11 is 1.85. The van der Waals surface area contributed by atoms with E-state index in [4.69, 9.17) is 10.1 Å². The predicted molar refractivity (Wildman–Crippen MR) is 109 cm³/mol. The third kappa shape index (κ3) is 4.19. The van der Waals surface area contributed by atoms with Gasteiger partial charge in [-0.15, -0.1) is 11.3 Å². The van der Waals surface area contributed by atoms with E-state index in [-0.39, 0.29) is 0 Å². The quantitative estimate of drug-likeness (QED) is 0.753. The first-order valence-corrected chi connectivity index (χ1v) is 11.1. The maximum Gasteiger partial charge on any atom is 0.0964 e. The highest BCUT2D eigenvalue weighted by atomic mass is 32.1. The molecule has 1 saturated heterocycles. The minimum atomic E-state index is 0.320. The number of aliphatic hydroxyl groups is 1. The highest BCUT2D eigenvalue weighted by molar-refractivity contribution is 7.10. The lowest BCUT2D eigenvalue weighted by molar-refractivity contribution is 0.199. The Morgan fingerprint density at radius 1 is 1.08 bits per heavy atom. The lowest BCUT2D eigenvalue weighted by Gasteiger charge is -2.30. The van der Waals surface area contributed by atoms with Crippen LogP contribution in [-0.2, 0) is 12.8 Å². The molecule has 1 fully saturated rings. The standard InChI is InChI=1S/C22H30N2OS/c25-14-4-3-11-24-12-9-18(10-13-24)22-23-21(16-26-22)20-8-7-17-5-1-2-6-19(17)15-20/h7-8,15-16,18,25H,1-6,9-14H2. The molecule has 0 radical (unpaired) electrons. The van der Waals surface area contributed by atoms with Crippen molar-refractivity contribution in [3.63, 3.8) is 0 Å². The first kappa shape index (κ1) is 18.1. The zero-order valence-electron chi connectivity index (χ0n) is 15.6. The minimum Gasteiger partial charge on any atom is -0.396 e. The molecule has 1 aromatic carbocycles. The summed E-state index contributed by atoms with van der Waals surface area (Å²) in [5, 5.41) is 12.5. The first-order chi connectivity index (χ1) is 12.8. The Hall–Kier alpha value is -1.23. The first-order valence-electron chi connectivity index (χ1n) is 10.2. The van der Waals surface area contributed by atoms with Gasteiger partial charge in [0.2, 0.25) is 0 Å². The van der Waals surface area contributed by atoms with Crippen LogP contribution in [0.2, 0.25) is 0 Å². The maximum atomic E-state index is 8.92. The Kier molecular flexibility index (Phi) is 6.03. The van der Waals surface area contributed by atoms with Gasteiger partial charge in [-0.2, -0.15) is 0 Å². The monoisotopic (exact) mass is 370 g/mol. The van der Waals surface area contributed by atoms with Crippen LogP contribution in [0, 0.1) is 0 Å². The molecule has 0 unspecified atom stereocenters. The molecule has 26 heavy (non-hydrogen) atoms. The third-order valence-corrected chi connectivity index (χ3v) is 6.99. The number of thiazole rings is 1. The van der Waals surface area contributed by atoms with Crippen LogP contribution in [0.5, 0.6) is 0 Å². The predicted octanol–water partition coefficient (Wildman–Crippen LogP) is 4.64. The smallest absolute Gasteiger partial charge is 0.0964 e. The summed E-state index contributed by atoms with van der Waals surface area (Å²) in [7, 11) is 0. The number of unbranched alkanes of at least 4 members (excludes halogenated alkanes) is 1. The van der Waals surface area contributed by atoms with Crippen LogP contribution in [0.25, 0.3) is 11.3 Å². The van der Waals surface area contributed by atoms with Gasteiger partial charge in [0, 0.05) is 23.5 Å². The molecule has 1 aromatic heterocycles. The molecule has 1 N–H and O–H groups in total. The SMILES string of the molecule is OCCCCN1CCC(c2nc(-c3ccc4c(c3)CCCC4)cs2)CC1. The number of hydrogen-bond donors (Lipinski definition) is 1. The number of likely N-dealkylation sites (tertiary alicyclic amines) is 1. The van der Waals surface area contributed by atoms with Crippen LogP contribution in [-0.4, -0.2) is 41.2 Å². The van der Waals surface area contributed by atoms with E-state index in [2.05, 4.69) is 28.5 Å². The van der Waals surface area contributed by atoms with Crippen LogP contribution in [0.3, 0.4) is 0 Å². The number of benzene rings is 1. The topological polar surface area (TPSA) is 36.4 Å². The molecule has 0 spiro atoms. The second-order valence-electron chi connectivity index (χ2n) is 7.81. The molecule has 0 atom stereocenters. The number of aromatic nitrogens is 1. The number of nitrogens with zero attached hydrogens (tertiary/aromatic N) is 2. The molecule has 2 aliphatic rings. The van der Waals surface area contributed by atoms with E-state index in [1.165, 1.54) is 67.9 Å². The fourth-order valence-electron chi connectivity index (χ4n) is 4.35. The lowest BCUT2D eigenvalue weighted by Crippen LogP contribution is -2.33. The van der Waals surface area contributed by atoms with E-state index < -0.39 is 0 Å². The molecule has 0 bridgehead atoms. The zero-order valence-corrected chi connectivity index (χ0v) is 16.4. The van der Waals surface area contributed by atoms with Gasteiger partial charge in [0.05, 0.1) is 10.7 Å². The van der Waals surface area contributed by atoms with Crippen molar-refractivity contribution in [2.45, 2.75) is 57.3 Å². The number of fused-ring (bicyclic) bond motifs is 1. The van der Waals surface area contributed by atoms with Crippen molar-refractivity contribution < 1.29 is 5.11 Å². The number of piperidine rings is 1. The van der Waals surface area contributed by atoms with Gasteiger partial charge in [0.1, 0.15) is 0 Å². The second-order valence-corrected chi connectivity index (χ2v) is 8.70. The van der Waals surface area contributed by atoms with Gasteiger partial charge in [-0.3, -0.25) is 0 Å². The van der Waals surface area contributed by atoms with Crippen molar-refractivity contribution in [2.24, 2.45) is 0 Å². The summed E-state index contributed by atoms with van der Waals surface area (Å²) in [4.78, 5) is 7.57. The average Bonchev–Trinajstić information content (AvgIpc) is 3.19. The number of aryl methyl sites for hydroxylation is 2. The largest absolute Gasteiger partial charge is 0.396 e. The number of rotatable bonds is 6. The highest BCUT2D eigenvalue weighted by Crippen LogP contribution is 2.34. The number of hydrogen-bond acceptors (Lipinski definition) is 4. The van der Waals surface area contributed by atoms with E-state index in [1.807, 2.05) is 11.3 Å². The van der Waals surface area contributed by atoms with Crippen LogP contribution in [0.1, 0.15) is 60.6 Å². The Labute approximate surface area is 161 Å². The van der Waals surface area contributed by atoms with Crippen LogP contribution in [0.15, 0.2) is 23.6 Å². The van der Waals surface area contributed by atoms with Crippen LogP contribution >= 0.6 is 11.3 Å². The van der Waals surface area contributed by atoms with Gasteiger partial charge in [-0.25, -0.2) is 4.98 Å². The molecular formula is C22H30N2OS. The van der Waals surface area contributed by atoms with Gasteiger partial charge < -0.3 is 10.0 Å². The fourth-order valence-corrected chi connectivity index (χ4v) is 5.35. The minimum absolute atomic E-state index is 0.320. The van der Waals surface area contributed by atoms with E-state index in [0.29, 0.717) is 12.5 Å². The molecule has 140 valence electrons. The Balaban J connectivity index is 1.38. The molecule has 1 aliphatic heterocycles. The molecular weight excluding hydrogens is 340 g/mol. The lowest BCUT2D eigenvalue weighted by atomic mass is 9.90. The van der Waals surface area contributed by atoms with Crippen molar-refractivity contribution in [3.05, 3.63) is 39.7 Å². The molecule has 0 amide bonds. The molecule has 3 nitrogen and oxygen atoms in total. The van der Waals surface area contributed by atoms with Gasteiger partial charge >= 0.3 is 0 Å². The van der Waals surface area contributed by atoms with E-state index in [1.54, 1.807) is 11.1 Å². The van der Waals surface area contributed by atoms with E-state index >= 15 is 0 Å². The number of aliphatic hydroxyl groups excluding tert-OH is 1. The summed E-state index contributed by atoms with van der Waals surface area (Å²) in [6.45, 7) is 3.79. The maximum absolute atomic E-state index is 8.92. The van der Waals surface area contributed by atoms with Gasteiger partial charge in [0.15, 0.2) is 0 Å². The summed E-state index contributed by atoms with van der Waals surface area (Å²) in [5.41, 5.74) is 5.56. The molecule has 4 rings (SSSR count). The van der Waals surface area contributed by atoms with E-state index in [9.17, 15) is 0 Å². The zero-order chi connectivity index (χ0) is 17.8. The second kappa shape index (κ2) is 8.64. The summed E-state index contributed by atoms with van der Waals surface area (Å²) in [6.07, 6.45) is 9.62. The third-order valence-electron chi connectivity index (χ3n) is 5.99. The summed E-state index contributed by atoms with van der Waals surface area (Å²) < 4.78 is 0. The Morgan fingerprint density at radius 3 is 2.69 bits per heavy atom. The van der Waals surface area contributed by atoms with Gasteiger partial charge in [-0.05, 0) is 88.2 Å².